The Kier molecular flexibility index (Phi) is 5.24. The third kappa shape index (κ3) is 4.42. The van der Waals surface area contributed by atoms with Crippen molar-refractivity contribution >= 4 is 25.5 Å². The number of hydrogen-bond acceptors (Lipinski definition) is 2. The van der Waals surface area contributed by atoms with Gasteiger partial charge in [0.25, 0.3) is 5.91 Å². The second kappa shape index (κ2) is 6.46. The molecule has 0 spiro atoms. The molecule has 1 rings (SSSR count). The standard InChI is InChI=1S/C14H18NO2P/c1-10-5-7-12(8-6-10)14(17)15-13(11(2)16)9-18(3)4/h5-8,13H,3,9H2,1-2,4H3/p+1. The van der Waals surface area contributed by atoms with Gasteiger partial charge in [0.1, 0.15) is 12.2 Å². The van der Waals surface area contributed by atoms with Crippen molar-refractivity contribution in [2.45, 2.75) is 19.9 Å². The molecule has 0 saturated heterocycles. The molecule has 3 nitrogen and oxygen atoms in total. The lowest BCUT2D eigenvalue weighted by Gasteiger charge is -2.12. The van der Waals surface area contributed by atoms with E-state index in [-0.39, 0.29) is 11.7 Å². The van der Waals surface area contributed by atoms with Crippen LogP contribution in [0.5, 0.6) is 0 Å². The summed E-state index contributed by atoms with van der Waals surface area (Å²) in [4.78, 5) is 23.4. The zero-order valence-electron chi connectivity index (χ0n) is 11.1. The molecule has 0 fully saturated rings. The molecule has 1 aromatic rings. The number of Topliss-reactive ketones (excluding diaryl/α,β-unsaturated/α-hetero) is 1. The Morgan fingerprint density at radius 2 is 1.89 bits per heavy atom. The van der Waals surface area contributed by atoms with E-state index in [1.807, 2.05) is 25.7 Å². The van der Waals surface area contributed by atoms with Crippen molar-refractivity contribution in [1.82, 2.24) is 5.32 Å². The molecular formula is C14H19NO2P+. The lowest BCUT2D eigenvalue weighted by atomic mass is 10.1. The molecule has 0 heterocycles. The highest BCUT2D eigenvalue weighted by atomic mass is 31.1. The Labute approximate surface area is 109 Å². The lowest BCUT2D eigenvalue weighted by Crippen LogP contribution is -2.41. The van der Waals surface area contributed by atoms with Crippen molar-refractivity contribution in [3.63, 3.8) is 0 Å². The van der Waals surface area contributed by atoms with Crippen molar-refractivity contribution in [2.24, 2.45) is 0 Å². The number of aryl methyl sites for hydroxylation is 1. The van der Waals surface area contributed by atoms with E-state index < -0.39 is 13.6 Å². The molecule has 0 aromatic heterocycles. The van der Waals surface area contributed by atoms with Gasteiger partial charge in [0, 0.05) is 5.56 Å². The maximum atomic E-state index is 12.0. The smallest absolute Gasteiger partial charge is 0.251 e. The Morgan fingerprint density at radius 3 is 2.33 bits per heavy atom. The third-order valence-corrected chi connectivity index (χ3v) is 3.59. The summed E-state index contributed by atoms with van der Waals surface area (Å²) in [5, 5.41) is 2.77. The van der Waals surface area contributed by atoms with Gasteiger partial charge in [-0.25, -0.2) is 0 Å². The molecule has 2 unspecified atom stereocenters. The number of hydrogen-bond donors (Lipinski definition) is 1. The van der Waals surface area contributed by atoms with Gasteiger partial charge in [0.15, 0.2) is 5.78 Å². The molecule has 1 N–H and O–H groups in total. The summed E-state index contributed by atoms with van der Waals surface area (Å²) in [5.41, 5.74) is 1.68. The van der Waals surface area contributed by atoms with Crippen LogP contribution >= 0.6 is 7.55 Å². The fraction of sp³-hybridized carbons (Fsp3) is 0.357. The second-order valence-electron chi connectivity index (χ2n) is 4.54. The van der Waals surface area contributed by atoms with E-state index in [1.165, 1.54) is 6.92 Å². The summed E-state index contributed by atoms with van der Waals surface area (Å²) in [6.07, 6.45) is 4.54. The molecule has 0 aliphatic rings. The first-order valence-electron chi connectivity index (χ1n) is 5.79. The molecule has 0 aliphatic carbocycles. The maximum Gasteiger partial charge on any atom is 0.251 e. The van der Waals surface area contributed by atoms with E-state index in [4.69, 9.17) is 0 Å². The molecule has 1 aromatic carbocycles. The van der Waals surface area contributed by atoms with E-state index in [2.05, 4.69) is 11.6 Å². The molecule has 0 aliphatic heterocycles. The van der Waals surface area contributed by atoms with E-state index in [0.717, 1.165) is 5.56 Å². The molecule has 1 amide bonds. The van der Waals surface area contributed by atoms with Gasteiger partial charge in [-0.3, -0.25) is 9.59 Å². The van der Waals surface area contributed by atoms with E-state index in [9.17, 15) is 9.59 Å². The van der Waals surface area contributed by atoms with Crippen LogP contribution in [-0.2, 0) is 4.79 Å². The fourth-order valence-corrected chi connectivity index (χ4v) is 2.51. The van der Waals surface area contributed by atoms with Crippen molar-refractivity contribution in [3.05, 3.63) is 35.4 Å². The summed E-state index contributed by atoms with van der Waals surface area (Å²) in [6, 6.07) is 6.87. The van der Waals surface area contributed by atoms with Crippen LogP contribution in [0.1, 0.15) is 22.8 Å². The number of carbonyl (C=O) groups is 2. The molecule has 18 heavy (non-hydrogen) atoms. The van der Waals surface area contributed by atoms with Gasteiger partial charge in [-0.05, 0) is 26.0 Å². The zero-order chi connectivity index (χ0) is 13.7. The second-order valence-corrected chi connectivity index (χ2v) is 6.62. The predicted octanol–water partition coefficient (Wildman–Crippen LogP) is 2.23. The number of rotatable bonds is 5. The quantitative estimate of drug-likeness (QED) is 0.829. The van der Waals surface area contributed by atoms with Crippen LogP contribution in [-0.4, -0.2) is 36.9 Å². The van der Waals surface area contributed by atoms with Crippen molar-refractivity contribution in [1.29, 1.82) is 0 Å². The zero-order valence-corrected chi connectivity index (χ0v) is 12.0. The maximum absolute atomic E-state index is 12.0. The minimum Gasteiger partial charge on any atom is -0.338 e. The van der Waals surface area contributed by atoms with Gasteiger partial charge in [-0.15, -0.1) is 0 Å². The number of benzene rings is 1. The minimum absolute atomic E-state index is 0.0199. The van der Waals surface area contributed by atoms with Gasteiger partial charge in [0.05, 0.1) is 20.5 Å². The molecule has 4 heteroatoms. The van der Waals surface area contributed by atoms with Crippen molar-refractivity contribution in [2.75, 3.05) is 12.8 Å². The average molecular weight is 264 g/mol. The van der Waals surface area contributed by atoms with Gasteiger partial charge in [0.2, 0.25) is 0 Å². The van der Waals surface area contributed by atoms with Crippen LogP contribution in [0.25, 0.3) is 0 Å². The Morgan fingerprint density at radius 1 is 1.33 bits per heavy atom. The third-order valence-electron chi connectivity index (χ3n) is 2.60. The first kappa shape index (κ1) is 14.6. The topological polar surface area (TPSA) is 46.2 Å². The van der Waals surface area contributed by atoms with Crippen LogP contribution in [0.3, 0.4) is 0 Å². The first-order chi connectivity index (χ1) is 8.40. The highest BCUT2D eigenvalue weighted by Gasteiger charge is 2.21. The highest BCUT2D eigenvalue weighted by molar-refractivity contribution is 7.55. The largest absolute Gasteiger partial charge is 0.338 e. The number of nitrogens with one attached hydrogen (secondary N) is 1. The monoisotopic (exact) mass is 264 g/mol. The summed E-state index contributed by atoms with van der Waals surface area (Å²) in [7, 11) is -0.462. The van der Waals surface area contributed by atoms with Crippen molar-refractivity contribution in [3.8, 4) is 0 Å². The normalized spacial score (nSPS) is 12.7. The van der Waals surface area contributed by atoms with Crippen LogP contribution in [0.15, 0.2) is 24.3 Å². The fourth-order valence-electron chi connectivity index (χ4n) is 1.53. The molecule has 0 radical (unpaired) electrons. The van der Waals surface area contributed by atoms with Crippen LogP contribution < -0.4 is 5.32 Å². The summed E-state index contributed by atoms with van der Waals surface area (Å²) < 4.78 is 0. The molecule has 96 valence electrons. The summed E-state index contributed by atoms with van der Waals surface area (Å²) in [5.74, 6) is -0.222. The van der Waals surface area contributed by atoms with Crippen LogP contribution in [0.4, 0.5) is 0 Å². The lowest BCUT2D eigenvalue weighted by molar-refractivity contribution is -0.118. The van der Waals surface area contributed by atoms with E-state index in [1.54, 1.807) is 12.1 Å². The molecule has 2 atom stereocenters. The molecule has 0 saturated carbocycles. The van der Waals surface area contributed by atoms with E-state index >= 15 is 0 Å². The Balaban J connectivity index is 2.75. The van der Waals surface area contributed by atoms with E-state index in [0.29, 0.717) is 11.7 Å². The van der Waals surface area contributed by atoms with Gasteiger partial charge in [-0.1, -0.05) is 17.7 Å². The highest BCUT2D eigenvalue weighted by Crippen LogP contribution is 2.15. The SMILES string of the molecule is C=[P+](C)CC(NC(=O)c1ccc(C)cc1)C(C)=O. The van der Waals surface area contributed by atoms with Crippen LogP contribution in [0, 0.1) is 6.92 Å². The average Bonchev–Trinajstić information content (AvgIpc) is 2.28. The molecule has 0 bridgehead atoms. The summed E-state index contributed by atoms with van der Waals surface area (Å²) >= 11 is 0. The Hall–Kier alpha value is -1.47. The number of amides is 1. The number of carbonyl (C=O) groups excluding carboxylic acids is 2. The Bertz CT molecular complexity index is 465. The number of ketones is 1. The van der Waals surface area contributed by atoms with Gasteiger partial charge >= 0.3 is 0 Å². The van der Waals surface area contributed by atoms with Crippen molar-refractivity contribution < 1.29 is 9.59 Å². The van der Waals surface area contributed by atoms with Crippen LogP contribution in [0.2, 0.25) is 0 Å². The molecular weight excluding hydrogens is 245 g/mol. The predicted molar refractivity (Wildman–Crippen MR) is 77.9 cm³/mol. The van der Waals surface area contributed by atoms with Gasteiger partial charge in [-0.2, -0.15) is 0 Å². The van der Waals surface area contributed by atoms with Gasteiger partial charge < -0.3 is 5.32 Å². The minimum atomic E-state index is -0.462. The summed E-state index contributed by atoms with van der Waals surface area (Å²) in [6.45, 7) is 5.45. The first-order valence-corrected chi connectivity index (χ1v) is 7.95.